The van der Waals surface area contributed by atoms with E-state index in [9.17, 15) is 13.2 Å². The van der Waals surface area contributed by atoms with Gasteiger partial charge in [-0.3, -0.25) is 9.52 Å². The number of aromatic nitrogens is 1. The third-order valence-corrected chi connectivity index (χ3v) is 6.01. The van der Waals surface area contributed by atoms with E-state index in [0.717, 1.165) is 11.3 Å². The Hall–Kier alpha value is -3.11. The number of thiazole rings is 1. The van der Waals surface area contributed by atoms with Gasteiger partial charge in [0.1, 0.15) is 17.2 Å². The minimum atomic E-state index is -3.83. The molecule has 0 aliphatic heterocycles. The van der Waals surface area contributed by atoms with Gasteiger partial charge in [-0.15, -0.1) is 11.3 Å². The Morgan fingerprint density at radius 1 is 1.14 bits per heavy atom. The molecule has 1 amide bonds. The smallest absolute Gasteiger partial charge is 0.275 e. The van der Waals surface area contributed by atoms with Gasteiger partial charge in [-0.1, -0.05) is 12.1 Å². The quantitative estimate of drug-likeness (QED) is 0.562. The fourth-order valence-corrected chi connectivity index (χ4v) is 4.33. The minimum Gasteiger partial charge on any atom is -0.497 e. The van der Waals surface area contributed by atoms with Crippen molar-refractivity contribution in [1.29, 1.82) is 0 Å². The zero-order valence-corrected chi connectivity index (χ0v) is 17.3. The van der Waals surface area contributed by atoms with Gasteiger partial charge < -0.3 is 14.8 Å². The predicted molar refractivity (Wildman–Crippen MR) is 111 cm³/mol. The number of nitrogens with one attached hydrogen (secondary N) is 2. The van der Waals surface area contributed by atoms with Crippen molar-refractivity contribution in [3.63, 3.8) is 0 Å². The summed E-state index contributed by atoms with van der Waals surface area (Å²) in [5.74, 6) is 0.617. The topological polar surface area (TPSA) is 107 Å². The molecule has 0 bridgehead atoms. The van der Waals surface area contributed by atoms with Crippen molar-refractivity contribution in [1.82, 2.24) is 4.98 Å². The monoisotopic (exact) mass is 433 g/mol. The third kappa shape index (κ3) is 5.04. The summed E-state index contributed by atoms with van der Waals surface area (Å²) in [5.41, 5.74) is 0.599. The van der Waals surface area contributed by atoms with Gasteiger partial charge in [0.2, 0.25) is 0 Å². The summed E-state index contributed by atoms with van der Waals surface area (Å²) >= 11 is 1.01. The molecule has 3 rings (SSSR count). The van der Waals surface area contributed by atoms with Gasteiger partial charge >= 0.3 is 0 Å². The second-order valence-electron chi connectivity index (χ2n) is 5.70. The fourth-order valence-electron chi connectivity index (χ4n) is 2.39. The number of anilines is 2. The van der Waals surface area contributed by atoms with E-state index in [0.29, 0.717) is 23.8 Å². The highest BCUT2D eigenvalue weighted by Crippen LogP contribution is 2.26. The molecule has 2 N–H and O–H groups in total. The zero-order valence-electron chi connectivity index (χ0n) is 15.7. The van der Waals surface area contributed by atoms with E-state index >= 15 is 0 Å². The molecule has 0 aliphatic carbocycles. The first-order valence-electron chi connectivity index (χ1n) is 8.58. The Kier molecular flexibility index (Phi) is 6.35. The predicted octanol–water partition coefficient (Wildman–Crippen LogP) is 3.60. The Morgan fingerprint density at radius 2 is 1.86 bits per heavy atom. The van der Waals surface area contributed by atoms with Crippen LogP contribution < -0.4 is 19.5 Å². The van der Waals surface area contributed by atoms with Crippen LogP contribution in [0.15, 0.2) is 58.8 Å². The second kappa shape index (κ2) is 8.93. The van der Waals surface area contributed by atoms with Gasteiger partial charge in [-0.2, -0.15) is 0 Å². The summed E-state index contributed by atoms with van der Waals surface area (Å²) in [6.07, 6.45) is 0. The molecular weight excluding hydrogens is 414 g/mol. The molecule has 0 saturated heterocycles. The molecule has 0 fully saturated rings. The van der Waals surface area contributed by atoms with Gasteiger partial charge in [0.05, 0.1) is 24.3 Å². The molecule has 0 atom stereocenters. The summed E-state index contributed by atoms with van der Waals surface area (Å²) in [6.45, 7) is 2.31. The lowest BCUT2D eigenvalue weighted by atomic mass is 10.3. The largest absolute Gasteiger partial charge is 0.497 e. The van der Waals surface area contributed by atoms with Crippen molar-refractivity contribution in [2.75, 3.05) is 23.8 Å². The van der Waals surface area contributed by atoms with Crippen LogP contribution in [0.5, 0.6) is 11.5 Å². The fraction of sp³-hybridized carbons (Fsp3) is 0.158. The number of carbonyl (C=O) groups is 1. The zero-order chi connectivity index (χ0) is 20.9. The van der Waals surface area contributed by atoms with Crippen LogP contribution in [0.1, 0.15) is 17.4 Å². The molecule has 0 aliphatic rings. The van der Waals surface area contributed by atoms with Crippen LogP contribution in [-0.4, -0.2) is 33.0 Å². The number of ether oxygens (including phenoxy) is 2. The highest BCUT2D eigenvalue weighted by molar-refractivity contribution is 7.93. The Morgan fingerprint density at radius 3 is 2.55 bits per heavy atom. The molecule has 152 valence electrons. The lowest BCUT2D eigenvalue weighted by Gasteiger charge is -2.10. The van der Waals surface area contributed by atoms with Crippen LogP contribution in [0.3, 0.4) is 0 Å². The summed E-state index contributed by atoms with van der Waals surface area (Å²) in [5, 5.41) is 4.29. The summed E-state index contributed by atoms with van der Waals surface area (Å²) in [4.78, 5) is 16.6. The standard InChI is InChI=1S/C19H19N3O5S2/c1-3-27-17-7-5-4-6-15(17)20-18(23)16-12-28-19(21-16)22-29(24,25)14-10-8-13(26-2)9-11-14/h4-12H,3H2,1-2H3,(H,20,23)(H,21,22). The van der Waals surface area contributed by atoms with E-state index in [4.69, 9.17) is 9.47 Å². The molecule has 0 spiro atoms. The van der Waals surface area contributed by atoms with Gasteiger partial charge in [0.25, 0.3) is 15.9 Å². The molecule has 0 radical (unpaired) electrons. The van der Waals surface area contributed by atoms with E-state index in [1.54, 1.807) is 36.4 Å². The molecule has 2 aromatic carbocycles. The van der Waals surface area contributed by atoms with Crippen LogP contribution in [0.25, 0.3) is 0 Å². The lowest BCUT2D eigenvalue weighted by molar-refractivity contribution is 0.102. The Bertz CT molecular complexity index is 1100. The number of rotatable bonds is 8. The molecule has 8 nitrogen and oxygen atoms in total. The third-order valence-electron chi connectivity index (χ3n) is 3.76. The van der Waals surface area contributed by atoms with E-state index in [-0.39, 0.29) is 15.7 Å². The average molecular weight is 434 g/mol. The lowest BCUT2D eigenvalue weighted by Crippen LogP contribution is -2.15. The maximum absolute atomic E-state index is 12.5. The van der Waals surface area contributed by atoms with Crippen molar-refractivity contribution in [2.24, 2.45) is 0 Å². The van der Waals surface area contributed by atoms with E-state index < -0.39 is 15.9 Å². The van der Waals surface area contributed by atoms with E-state index in [1.165, 1.54) is 24.6 Å². The molecule has 1 heterocycles. The SMILES string of the molecule is CCOc1ccccc1NC(=O)c1csc(NS(=O)(=O)c2ccc(OC)cc2)n1. The molecule has 10 heteroatoms. The van der Waals surface area contributed by atoms with Crippen LogP contribution in [-0.2, 0) is 10.0 Å². The molecule has 0 saturated carbocycles. The summed E-state index contributed by atoms with van der Waals surface area (Å²) in [6, 6.07) is 13.0. The molecule has 1 aromatic heterocycles. The van der Waals surface area contributed by atoms with Crippen LogP contribution in [0.4, 0.5) is 10.8 Å². The van der Waals surface area contributed by atoms with Gasteiger partial charge in [0, 0.05) is 5.38 Å². The maximum Gasteiger partial charge on any atom is 0.275 e. The van der Waals surface area contributed by atoms with Crippen molar-refractivity contribution in [2.45, 2.75) is 11.8 Å². The maximum atomic E-state index is 12.5. The van der Waals surface area contributed by atoms with Crippen molar-refractivity contribution < 1.29 is 22.7 Å². The number of benzene rings is 2. The number of hydrogen-bond acceptors (Lipinski definition) is 7. The number of carbonyl (C=O) groups excluding carboxylic acids is 1. The molecule has 29 heavy (non-hydrogen) atoms. The second-order valence-corrected chi connectivity index (χ2v) is 8.24. The molecular formula is C19H19N3O5S2. The van der Waals surface area contributed by atoms with Crippen molar-refractivity contribution in [3.05, 3.63) is 59.6 Å². The van der Waals surface area contributed by atoms with E-state index in [1.807, 2.05) is 6.92 Å². The van der Waals surface area contributed by atoms with Crippen molar-refractivity contribution >= 4 is 38.1 Å². The number of nitrogens with zero attached hydrogens (tertiary/aromatic N) is 1. The highest BCUT2D eigenvalue weighted by Gasteiger charge is 2.18. The van der Waals surface area contributed by atoms with Crippen LogP contribution >= 0.6 is 11.3 Å². The number of methoxy groups -OCH3 is 1. The first-order valence-corrected chi connectivity index (χ1v) is 10.9. The minimum absolute atomic E-state index is 0.0603. The first-order chi connectivity index (χ1) is 13.9. The van der Waals surface area contributed by atoms with Gasteiger partial charge in [-0.25, -0.2) is 13.4 Å². The average Bonchev–Trinajstić information content (AvgIpc) is 3.17. The molecule has 3 aromatic rings. The Labute approximate surface area is 172 Å². The number of amides is 1. The van der Waals surface area contributed by atoms with Crippen LogP contribution in [0.2, 0.25) is 0 Å². The summed E-state index contributed by atoms with van der Waals surface area (Å²) in [7, 11) is -2.34. The van der Waals surface area contributed by atoms with Gasteiger partial charge in [-0.05, 0) is 43.3 Å². The van der Waals surface area contributed by atoms with Gasteiger partial charge in [0.15, 0.2) is 5.13 Å². The number of hydrogen-bond donors (Lipinski definition) is 2. The van der Waals surface area contributed by atoms with Crippen molar-refractivity contribution in [3.8, 4) is 11.5 Å². The Balaban J connectivity index is 1.72. The van der Waals surface area contributed by atoms with E-state index in [2.05, 4.69) is 15.0 Å². The van der Waals surface area contributed by atoms with Crippen LogP contribution in [0, 0.1) is 0 Å². The molecule has 0 unspecified atom stereocenters. The highest BCUT2D eigenvalue weighted by atomic mass is 32.2. The number of sulfonamides is 1. The normalized spacial score (nSPS) is 11.0. The summed E-state index contributed by atoms with van der Waals surface area (Å²) < 4.78 is 37.8. The first kappa shape index (κ1) is 20.6. The number of para-hydroxylation sites is 2.